The van der Waals surface area contributed by atoms with Gasteiger partial charge in [0.1, 0.15) is 11.5 Å². The van der Waals surface area contributed by atoms with E-state index in [4.69, 9.17) is 20.9 Å². The molecule has 0 aromatic heterocycles. The van der Waals surface area contributed by atoms with Gasteiger partial charge in [-0.25, -0.2) is 0 Å². The van der Waals surface area contributed by atoms with Crippen molar-refractivity contribution in [2.45, 2.75) is 13.8 Å². The summed E-state index contributed by atoms with van der Waals surface area (Å²) in [6.07, 6.45) is 0. The van der Waals surface area contributed by atoms with Gasteiger partial charge in [0, 0.05) is 49.7 Å². The van der Waals surface area contributed by atoms with Crippen molar-refractivity contribution in [3.8, 4) is 11.5 Å². The van der Waals surface area contributed by atoms with Crippen molar-refractivity contribution >= 4 is 22.7 Å². The first-order valence-electron chi connectivity index (χ1n) is 9.17. The molecule has 0 atom stereocenters. The summed E-state index contributed by atoms with van der Waals surface area (Å²) in [5, 5.41) is 0. The van der Waals surface area contributed by atoms with Crippen LogP contribution in [0.5, 0.6) is 11.5 Å². The first kappa shape index (κ1) is 18.0. The van der Waals surface area contributed by atoms with E-state index in [2.05, 4.69) is 9.80 Å². The van der Waals surface area contributed by atoms with Crippen LogP contribution < -0.4 is 30.7 Å². The summed E-state index contributed by atoms with van der Waals surface area (Å²) in [5.41, 5.74) is 15.5. The molecule has 0 radical (unpaired) electrons. The lowest BCUT2D eigenvalue weighted by Gasteiger charge is -2.38. The molecule has 26 heavy (non-hydrogen) atoms. The summed E-state index contributed by atoms with van der Waals surface area (Å²) in [5.74, 6) is 1.70. The van der Waals surface area contributed by atoms with Gasteiger partial charge in [0.25, 0.3) is 0 Å². The molecule has 0 aliphatic carbocycles. The maximum absolute atomic E-state index is 5.91. The van der Waals surface area contributed by atoms with Gasteiger partial charge < -0.3 is 30.7 Å². The van der Waals surface area contributed by atoms with Crippen LogP contribution in [0.2, 0.25) is 0 Å². The Kier molecular flexibility index (Phi) is 5.61. The number of hydrogen-bond donors (Lipinski definition) is 2. The van der Waals surface area contributed by atoms with Gasteiger partial charge in [-0.1, -0.05) is 0 Å². The normalized spacial score (nSPS) is 14.4. The molecule has 0 spiro atoms. The van der Waals surface area contributed by atoms with Gasteiger partial charge in [0.15, 0.2) is 0 Å². The van der Waals surface area contributed by atoms with E-state index in [0.717, 1.165) is 60.4 Å². The number of rotatable bonds is 6. The number of hydrogen-bond acceptors (Lipinski definition) is 6. The Hall–Kier alpha value is -2.76. The minimum atomic E-state index is 0.625. The molecule has 1 aliphatic rings. The van der Waals surface area contributed by atoms with Crippen LogP contribution >= 0.6 is 0 Å². The van der Waals surface area contributed by atoms with E-state index in [1.807, 2.05) is 50.2 Å². The van der Waals surface area contributed by atoms with Crippen LogP contribution in [0.4, 0.5) is 22.7 Å². The molecular weight excluding hydrogens is 328 g/mol. The van der Waals surface area contributed by atoms with E-state index < -0.39 is 0 Å². The molecular formula is C20H28N4O2. The van der Waals surface area contributed by atoms with Crippen LogP contribution in [0, 0.1) is 0 Å². The molecule has 4 N–H and O–H groups in total. The van der Waals surface area contributed by atoms with E-state index in [9.17, 15) is 0 Å². The molecule has 0 amide bonds. The second-order valence-electron chi connectivity index (χ2n) is 6.29. The minimum absolute atomic E-state index is 0.625. The quantitative estimate of drug-likeness (QED) is 0.775. The third-order valence-corrected chi connectivity index (χ3v) is 4.53. The van der Waals surface area contributed by atoms with Crippen molar-refractivity contribution < 1.29 is 9.47 Å². The average molecular weight is 356 g/mol. The highest BCUT2D eigenvalue weighted by Crippen LogP contribution is 2.34. The predicted octanol–water partition coefficient (Wildman–Crippen LogP) is 2.98. The molecule has 140 valence electrons. The Morgan fingerprint density at radius 1 is 0.731 bits per heavy atom. The van der Waals surface area contributed by atoms with Gasteiger partial charge in [0.05, 0.1) is 24.6 Å². The van der Waals surface area contributed by atoms with Gasteiger partial charge in [-0.2, -0.15) is 0 Å². The molecule has 1 aliphatic heterocycles. The van der Waals surface area contributed by atoms with Crippen molar-refractivity contribution in [2.75, 3.05) is 60.7 Å². The summed E-state index contributed by atoms with van der Waals surface area (Å²) in [4.78, 5) is 4.69. The molecule has 3 rings (SSSR count). The third kappa shape index (κ3) is 3.90. The SMILES string of the molecule is CCOc1cc(N)ccc1N1CCN(c2ccc(N)cc2OCC)CC1. The monoisotopic (exact) mass is 356 g/mol. The van der Waals surface area contributed by atoms with E-state index in [0.29, 0.717) is 13.2 Å². The highest BCUT2D eigenvalue weighted by molar-refractivity contribution is 5.67. The molecule has 0 saturated carbocycles. The van der Waals surface area contributed by atoms with Crippen LogP contribution in [0.15, 0.2) is 36.4 Å². The van der Waals surface area contributed by atoms with Crippen LogP contribution in [-0.2, 0) is 0 Å². The Balaban J connectivity index is 1.74. The molecule has 6 heteroatoms. The lowest BCUT2D eigenvalue weighted by atomic mass is 10.2. The Morgan fingerprint density at radius 3 is 1.46 bits per heavy atom. The van der Waals surface area contributed by atoms with Crippen molar-refractivity contribution in [1.29, 1.82) is 0 Å². The van der Waals surface area contributed by atoms with Gasteiger partial charge in [-0.05, 0) is 38.1 Å². The lowest BCUT2D eigenvalue weighted by molar-refractivity contribution is 0.338. The van der Waals surface area contributed by atoms with Gasteiger partial charge in [0.2, 0.25) is 0 Å². The Bertz CT molecular complexity index is 679. The Morgan fingerprint density at radius 2 is 1.12 bits per heavy atom. The minimum Gasteiger partial charge on any atom is -0.492 e. The molecule has 0 bridgehead atoms. The number of ether oxygens (including phenoxy) is 2. The number of anilines is 4. The fourth-order valence-corrected chi connectivity index (χ4v) is 3.31. The number of nitrogens with two attached hydrogens (primary N) is 2. The summed E-state index contributed by atoms with van der Waals surface area (Å²) >= 11 is 0. The standard InChI is InChI=1S/C20H28N4O2/c1-3-25-19-13-15(21)5-7-17(19)23-9-11-24(12-10-23)18-8-6-16(22)14-20(18)26-4-2/h5-8,13-14H,3-4,9-12,21-22H2,1-2H3. The molecule has 1 heterocycles. The first-order chi connectivity index (χ1) is 12.6. The Labute approximate surface area is 155 Å². The van der Waals surface area contributed by atoms with E-state index in [-0.39, 0.29) is 0 Å². The highest BCUT2D eigenvalue weighted by Gasteiger charge is 2.22. The molecule has 2 aromatic rings. The average Bonchev–Trinajstić information content (AvgIpc) is 2.63. The first-order valence-corrected chi connectivity index (χ1v) is 9.17. The number of piperazine rings is 1. The van der Waals surface area contributed by atoms with Crippen LogP contribution in [0.25, 0.3) is 0 Å². The molecule has 0 unspecified atom stereocenters. The fraction of sp³-hybridized carbons (Fsp3) is 0.400. The zero-order chi connectivity index (χ0) is 18.5. The fourth-order valence-electron chi connectivity index (χ4n) is 3.31. The van der Waals surface area contributed by atoms with Crippen LogP contribution in [0.3, 0.4) is 0 Å². The maximum Gasteiger partial charge on any atom is 0.144 e. The van der Waals surface area contributed by atoms with Crippen molar-refractivity contribution in [1.82, 2.24) is 0 Å². The highest BCUT2D eigenvalue weighted by atomic mass is 16.5. The molecule has 2 aromatic carbocycles. The largest absolute Gasteiger partial charge is 0.492 e. The van der Waals surface area contributed by atoms with Gasteiger partial charge >= 0.3 is 0 Å². The smallest absolute Gasteiger partial charge is 0.144 e. The van der Waals surface area contributed by atoms with Gasteiger partial charge in [-0.15, -0.1) is 0 Å². The summed E-state index contributed by atoms with van der Waals surface area (Å²) in [7, 11) is 0. The molecule has 6 nitrogen and oxygen atoms in total. The second-order valence-corrected chi connectivity index (χ2v) is 6.29. The topological polar surface area (TPSA) is 77.0 Å². The van der Waals surface area contributed by atoms with E-state index in [1.165, 1.54) is 0 Å². The summed E-state index contributed by atoms with van der Waals surface area (Å²) < 4.78 is 11.6. The van der Waals surface area contributed by atoms with Crippen molar-refractivity contribution in [3.63, 3.8) is 0 Å². The number of benzene rings is 2. The van der Waals surface area contributed by atoms with Crippen molar-refractivity contribution in [2.24, 2.45) is 0 Å². The van der Waals surface area contributed by atoms with Crippen LogP contribution in [0.1, 0.15) is 13.8 Å². The summed E-state index contributed by atoms with van der Waals surface area (Å²) in [6, 6.07) is 11.8. The zero-order valence-corrected chi connectivity index (χ0v) is 15.6. The van der Waals surface area contributed by atoms with E-state index in [1.54, 1.807) is 0 Å². The van der Waals surface area contributed by atoms with Gasteiger partial charge in [-0.3, -0.25) is 0 Å². The number of nitrogen functional groups attached to an aromatic ring is 2. The number of nitrogens with zero attached hydrogens (tertiary/aromatic N) is 2. The van der Waals surface area contributed by atoms with E-state index >= 15 is 0 Å². The second kappa shape index (κ2) is 8.08. The lowest BCUT2D eigenvalue weighted by Crippen LogP contribution is -2.46. The van der Waals surface area contributed by atoms with Crippen LogP contribution in [-0.4, -0.2) is 39.4 Å². The van der Waals surface area contributed by atoms with Crippen molar-refractivity contribution in [3.05, 3.63) is 36.4 Å². The molecule has 1 saturated heterocycles. The summed E-state index contributed by atoms with van der Waals surface area (Å²) in [6.45, 7) is 8.83. The maximum atomic E-state index is 5.91. The predicted molar refractivity (Wildman–Crippen MR) is 108 cm³/mol. The molecule has 1 fully saturated rings. The zero-order valence-electron chi connectivity index (χ0n) is 15.6. The third-order valence-electron chi connectivity index (χ3n) is 4.53.